The van der Waals surface area contributed by atoms with Gasteiger partial charge in [-0.15, -0.1) is 0 Å². The first-order valence-electron chi connectivity index (χ1n) is 13.2. The number of hydrogen-bond acceptors (Lipinski definition) is 11. The van der Waals surface area contributed by atoms with Crippen molar-refractivity contribution in [2.45, 2.75) is 13.2 Å². The SMILES string of the molecule is O=Cc1c2cccc1COCCOCCOCCOCCOCCOCCOCCOCCOCCOC2. The van der Waals surface area contributed by atoms with Gasteiger partial charge in [0, 0.05) is 5.56 Å². The van der Waals surface area contributed by atoms with Crippen LogP contribution in [0.2, 0.25) is 0 Å². The van der Waals surface area contributed by atoms with Crippen LogP contribution in [0, 0.1) is 0 Å². The topological polar surface area (TPSA) is 109 Å². The largest absolute Gasteiger partial charge is 0.377 e. The Morgan fingerprint density at radius 2 is 0.632 bits per heavy atom. The van der Waals surface area contributed by atoms with Crippen molar-refractivity contribution in [1.29, 1.82) is 0 Å². The van der Waals surface area contributed by atoms with Gasteiger partial charge in [-0.1, -0.05) is 18.2 Å². The molecule has 1 aliphatic heterocycles. The molecule has 38 heavy (non-hydrogen) atoms. The Hall–Kier alpha value is -1.51. The van der Waals surface area contributed by atoms with Crippen molar-refractivity contribution in [3.05, 3.63) is 34.9 Å². The van der Waals surface area contributed by atoms with E-state index in [2.05, 4.69) is 0 Å². The Labute approximate surface area is 225 Å². The Balaban J connectivity index is 1.66. The molecule has 1 heterocycles. The average Bonchev–Trinajstić information content (AvgIpc) is 2.93. The van der Waals surface area contributed by atoms with Crippen molar-refractivity contribution in [2.75, 3.05) is 119 Å². The van der Waals surface area contributed by atoms with Crippen molar-refractivity contribution in [3.8, 4) is 0 Å². The number of aldehydes is 1. The van der Waals surface area contributed by atoms with Gasteiger partial charge >= 0.3 is 0 Å². The van der Waals surface area contributed by atoms with Crippen LogP contribution in [0.4, 0.5) is 0 Å². The highest BCUT2D eigenvalue weighted by molar-refractivity contribution is 5.79. The predicted octanol–water partition coefficient (Wildman–Crippen LogP) is 1.68. The highest BCUT2D eigenvalue weighted by atomic mass is 16.6. The minimum Gasteiger partial charge on any atom is -0.377 e. The van der Waals surface area contributed by atoms with Crippen LogP contribution >= 0.6 is 0 Å². The summed E-state index contributed by atoms with van der Waals surface area (Å²) in [6.45, 7) is 9.33. The van der Waals surface area contributed by atoms with E-state index in [-0.39, 0.29) is 0 Å². The Morgan fingerprint density at radius 3 is 0.868 bits per heavy atom. The van der Waals surface area contributed by atoms with E-state index < -0.39 is 0 Å². The Morgan fingerprint density at radius 1 is 0.395 bits per heavy atom. The smallest absolute Gasteiger partial charge is 0.150 e. The fourth-order valence-corrected chi connectivity index (χ4v) is 3.31. The number of rotatable bonds is 1. The van der Waals surface area contributed by atoms with Crippen molar-refractivity contribution < 1.29 is 52.2 Å². The first-order chi connectivity index (χ1) is 18.9. The molecule has 0 unspecified atom stereocenters. The summed E-state index contributed by atoms with van der Waals surface area (Å²) in [5, 5.41) is 0. The van der Waals surface area contributed by atoms with Gasteiger partial charge in [0.05, 0.1) is 132 Å². The van der Waals surface area contributed by atoms with Crippen LogP contribution in [0.25, 0.3) is 0 Å². The lowest BCUT2D eigenvalue weighted by Gasteiger charge is -2.12. The first kappa shape index (κ1) is 32.7. The van der Waals surface area contributed by atoms with Gasteiger partial charge in [-0.2, -0.15) is 0 Å². The van der Waals surface area contributed by atoms with E-state index in [9.17, 15) is 4.79 Å². The second-order valence-electron chi connectivity index (χ2n) is 8.11. The average molecular weight is 545 g/mol. The molecule has 0 aromatic heterocycles. The molecule has 1 aromatic carbocycles. The van der Waals surface area contributed by atoms with E-state index in [4.69, 9.17) is 47.4 Å². The minimum atomic E-state index is 0.323. The zero-order valence-corrected chi connectivity index (χ0v) is 22.4. The van der Waals surface area contributed by atoms with Gasteiger partial charge in [0.15, 0.2) is 6.29 Å². The second-order valence-corrected chi connectivity index (χ2v) is 8.11. The van der Waals surface area contributed by atoms with Crippen LogP contribution in [0.3, 0.4) is 0 Å². The van der Waals surface area contributed by atoms with E-state index in [1.54, 1.807) is 0 Å². The van der Waals surface area contributed by atoms with Gasteiger partial charge in [0.25, 0.3) is 0 Å². The Kier molecular flexibility index (Phi) is 21.1. The maximum atomic E-state index is 11.7. The number of hydrogen-bond donors (Lipinski definition) is 0. The molecule has 1 aromatic rings. The quantitative estimate of drug-likeness (QED) is 0.482. The molecule has 0 spiro atoms. The van der Waals surface area contributed by atoms with Crippen LogP contribution in [-0.4, -0.2) is 125 Å². The molecule has 11 nitrogen and oxygen atoms in total. The van der Waals surface area contributed by atoms with Crippen molar-refractivity contribution >= 4 is 6.29 Å². The summed E-state index contributed by atoms with van der Waals surface area (Å²) < 4.78 is 55.2. The summed E-state index contributed by atoms with van der Waals surface area (Å²) in [6.07, 6.45) is 0.847. The zero-order chi connectivity index (χ0) is 26.8. The number of fused-ring (bicyclic) bond motifs is 2. The highest BCUT2D eigenvalue weighted by Crippen LogP contribution is 2.15. The molecular formula is C27H44O11. The maximum Gasteiger partial charge on any atom is 0.150 e. The van der Waals surface area contributed by atoms with E-state index in [0.29, 0.717) is 138 Å². The molecule has 0 N–H and O–H groups in total. The molecule has 0 amide bonds. The monoisotopic (exact) mass is 544 g/mol. The molecule has 2 rings (SSSR count). The van der Waals surface area contributed by atoms with E-state index in [1.165, 1.54) is 0 Å². The van der Waals surface area contributed by atoms with E-state index >= 15 is 0 Å². The van der Waals surface area contributed by atoms with Gasteiger partial charge in [0.2, 0.25) is 0 Å². The fraction of sp³-hybridized carbons (Fsp3) is 0.741. The third-order valence-electron chi connectivity index (χ3n) is 5.27. The lowest BCUT2D eigenvalue weighted by atomic mass is 10.0. The number of benzene rings is 1. The summed E-state index contributed by atoms with van der Waals surface area (Å²) in [7, 11) is 0. The minimum absolute atomic E-state index is 0.323. The summed E-state index contributed by atoms with van der Waals surface area (Å²) in [6, 6.07) is 5.66. The fourth-order valence-electron chi connectivity index (χ4n) is 3.31. The number of carbonyl (C=O) groups is 1. The molecule has 218 valence electrons. The molecular weight excluding hydrogens is 500 g/mol. The molecule has 0 fully saturated rings. The highest BCUT2D eigenvalue weighted by Gasteiger charge is 2.08. The number of ether oxygens (including phenoxy) is 10. The normalized spacial score (nSPS) is 21.3. The first-order valence-corrected chi connectivity index (χ1v) is 13.2. The van der Waals surface area contributed by atoms with Crippen molar-refractivity contribution in [3.63, 3.8) is 0 Å². The van der Waals surface area contributed by atoms with E-state index in [0.717, 1.165) is 17.4 Å². The van der Waals surface area contributed by atoms with Crippen LogP contribution in [-0.2, 0) is 60.6 Å². The van der Waals surface area contributed by atoms with Crippen LogP contribution in [0.5, 0.6) is 0 Å². The molecule has 0 radical (unpaired) electrons. The van der Waals surface area contributed by atoms with Crippen molar-refractivity contribution in [1.82, 2.24) is 0 Å². The van der Waals surface area contributed by atoms with Crippen LogP contribution in [0.15, 0.2) is 18.2 Å². The second kappa shape index (κ2) is 24.5. The molecule has 0 saturated carbocycles. The van der Waals surface area contributed by atoms with E-state index in [1.807, 2.05) is 18.2 Å². The van der Waals surface area contributed by atoms with Gasteiger partial charge in [-0.3, -0.25) is 4.79 Å². The number of carbonyl (C=O) groups excluding carboxylic acids is 1. The van der Waals surface area contributed by atoms with Crippen LogP contribution < -0.4 is 0 Å². The van der Waals surface area contributed by atoms with Crippen molar-refractivity contribution in [2.24, 2.45) is 0 Å². The van der Waals surface area contributed by atoms with Gasteiger partial charge < -0.3 is 47.4 Å². The summed E-state index contributed by atoms with van der Waals surface area (Å²) >= 11 is 0. The lowest BCUT2D eigenvalue weighted by molar-refractivity contribution is -0.0268. The summed E-state index contributed by atoms with van der Waals surface area (Å²) in [5.74, 6) is 0. The molecule has 2 bridgehead atoms. The maximum absolute atomic E-state index is 11.7. The lowest BCUT2D eigenvalue weighted by Crippen LogP contribution is -2.15. The third kappa shape index (κ3) is 17.2. The molecule has 0 saturated heterocycles. The standard InChI is InChI=1S/C27H44O11/c28-22-27-25-2-1-3-26(27)24-38-21-19-36-17-15-34-13-11-32-9-7-30-5-4-29-6-8-31-10-12-33-14-16-35-18-20-37-23-25/h1-3,22H,4-21,23-24H2. The third-order valence-corrected chi connectivity index (χ3v) is 5.27. The zero-order valence-electron chi connectivity index (χ0n) is 22.4. The summed E-state index contributed by atoms with van der Waals surface area (Å²) in [4.78, 5) is 11.7. The molecule has 0 atom stereocenters. The molecule has 1 aliphatic rings. The molecule has 11 heteroatoms. The van der Waals surface area contributed by atoms with Gasteiger partial charge in [-0.25, -0.2) is 0 Å². The predicted molar refractivity (Wildman–Crippen MR) is 138 cm³/mol. The Bertz CT molecular complexity index is 639. The molecule has 0 aliphatic carbocycles. The van der Waals surface area contributed by atoms with Gasteiger partial charge in [0.1, 0.15) is 0 Å². The summed E-state index contributed by atoms with van der Waals surface area (Å²) in [5.41, 5.74) is 2.24. The van der Waals surface area contributed by atoms with Crippen LogP contribution in [0.1, 0.15) is 21.5 Å². The van der Waals surface area contributed by atoms with Gasteiger partial charge in [-0.05, 0) is 11.1 Å².